The van der Waals surface area contributed by atoms with Gasteiger partial charge in [0.2, 0.25) is 5.91 Å². The van der Waals surface area contributed by atoms with Crippen molar-refractivity contribution in [2.45, 2.75) is 0 Å². The van der Waals surface area contributed by atoms with Gasteiger partial charge in [-0.05, 0) is 24.3 Å². The summed E-state index contributed by atoms with van der Waals surface area (Å²) in [6.45, 7) is 0. The van der Waals surface area contributed by atoms with Crippen molar-refractivity contribution in [3.63, 3.8) is 0 Å². The largest absolute Gasteiger partial charge is 0.545 e. The lowest BCUT2D eigenvalue weighted by Gasteiger charge is -2.03. The van der Waals surface area contributed by atoms with E-state index >= 15 is 0 Å². The number of carbonyl (C=O) groups excluding carboxylic acids is 2. The number of carboxylic acid groups (broad SMARTS) is 1. The number of aliphatic carboxylic acids is 1. The van der Waals surface area contributed by atoms with E-state index in [4.69, 9.17) is 23.2 Å². The highest BCUT2D eigenvalue weighted by atomic mass is 35.5. The minimum absolute atomic E-state index is 0.367. The molecule has 1 amide bonds. The van der Waals surface area contributed by atoms with E-state index in [0.29, 0.717) is 21.8 Å². The minimum atomic E-state index is -1.45. The number of halogens is 2. The van der Waals surface area contributed by atoms with E-state index in [0.717, 1.165) is 6.08 Å². The van der Waals surface area contributed by atoms with Crippen LogP contribution in [0.15, 0.2) is 30.4 Å². The van der Waals surface area contributed by atoms with Crippen LogP contribution in [0.4, 0.5) is 5.69 Å². The molecule has 0 aliphatic heterocycles. The average Bonchev–Trinajstić information content (AvgIpc) is 2.12. The first-order chi connectivity index (χ1) is 7.47. The Hall–Kier alpha value is -1.52. The summed E-state index contributed by atoms with van der Waals surface area (Å²) in [5.41, 5.74) is 0.380. The molecule has 1 aromatic carbocycles. The van der Waals surface area contributed by atoms with E-state index in [1.165, 1.54) is 18.2 Å². The topological polar surface area (TPSA) is 69.2 Å². The second-order valence-electron chi connectivity index (χ2n) is 2.80. The van der Waals surface area contributed by atoms with Gasteiger partial charge in [0.05, 0.1) is 5.97 Å². The molecular weight excluding hydrogens is 253 g/mol. The number of benzene rings is 1. The van der Waals surface area contributed by atoms with Crippen LogP contribution in [-0.2, 0) is 9.59 Å². The number of anilines is 1. The molecule has 0 aliphatic carbocycles. The Kier molecular flexibility index (Phi) is 4.34. The van der Waals surface area contributed by atoms with Crippen molar-refractivity contribution < 1.29 is 14.7 Å². The summed E-state index contributed by atoms with van der Waals surface area (Å²) >= 11 is 11.4. The molecule has 16 heavy (non-hydrogen) atoms. The predicted molar refractivity (Wildman–Crippen MR) is 59.2 cm³/mol. The van der Waals surface area contributed by atoms with Gasteiger partial charge in [-0.2, -0.15) is 0 Å². The molecule has 0 spiro atoms. The van der Waals surface area contributed by atoms with Crippen LogP contribution in [0.5, 0.6) is 0 Å². The highest BCUT2D eigenvalue weighted by Crippen LogP contribution is 2.22. The molecule has 0 fully saturated rings. The monoisotopic (exact) mass is 258 g/mol. The standard InChI is InChI=1S/C10H7Cl2NO3/c11-6-3-7(12)5-8(4-6)13-9(14)1-2-10(15)16/h1-5H,(H,13,14)(H,15,16)/p-1/b2-1+. The Bertz CT molecular complexity index is 437. The number of carbonyl (C=O) groups is 2. The third-order valence-corrected chi connectivity index (χ3v) is 1.94. The summed E-state index contributed by atoms with van der Waals surface area (Å²) in [4.78, 5) is 21.2. The fourth-order valence-corrected chi connectivity index (χ4v) is 1.48. The van der Waals surface area contributed by atoms with Gasteiger partial charge in [0.15, 0.2) is 0 Å². The summed E-state index contributed by atoms with van der Waals surface area (Å²) in [5, 5.41) is 13.2. The second kappa shape index (κ2) is 5.53. The van der Waals surface area contributed by atoms with Crippen molar-refractivity contribution in [1.29, 1.82) is 0 Å². The average molecular weight is 259 g/mol. The molecule has 1 rings (SSSR count). The Labute approximate surface area is 101 Å². The van der Waals surface area contributed by atoms with Crippen LogP contribution >= 0.6 is 23.2 Å². The van der Waals surface area contributed by atoms with Crippen LogP contribution in [0, 0.1) is 0 Å². The number of amides is 1. The van der Waals surface area contributed by atoms with Crippen molar-refractivity contribution in [2.75, 3.05) is 5.32 Å². The molecule has 0 saturated carbocycles. The summed E-state index contributed by atoms with van der Waals surface area (Å²) < 4.78 is 0. The molecule has 6 heteroatoms. The van der Waals surface area contributed by atoms with E-state index in [9.17, 15) is 14.7 Å². The first-order valence-electron chi connectivity index (χ1n) is 4.13. The van der Waals surface area contributed by atoms with Gasteiger partial charge in [-0.15, -0.1) is 0 Å². The zero-order valence-electron chi connectivity index (χ0n) is 7.87. The SMILES string of the molecule is O=C([O-])/C=C/C(=O)Nc1cc(Cl)cc(Cl)c1. The highest BCUT2D eigenvalue weighted by molar-refractivity contribution is 6.35. The number of carboxylic acids is 1. The molecule has 0 unspecified atom stereocenters. The third-order valence-electron chi connectivity index (χ3n) is 1.50. The molecule has 0 bridgehead atoms. The normalized spacial score (nSPS) is 10.4. The maximum Gasteiger partial charge on any atom is 0.248 e. The second-order valence-corrected chi connectivity index (χ2v) is 3.67. The van der Waals surface area contributed by atoms with Crippen molar-refractivity contribution in [3.8, 4) is 0 Å². The van der Waals surface area contributed by atoms with Gasteiger partial charge in [0, 0.05) is 21.8 Å². The maximum absolute atomic E-state index is 11.2. The van der Waals surface area contributed by atoms with Crippen molar-refractivity contribution in [2.24, 2.45) is 0 Å². The van der Waals surface area contributed by atoms with Gasteiger partial charge < -0.3 is 15.2 Å². The lowest BCUT2D eigenvalue weighted by atomic mass is 10.3. The Morgan fingerprint density at radius 1 is 1.12 bits per heavy atom. The molecule has 1 aromatic rings. The first kappa shape index (κ1) is 12.5. The zero-order valence-corrected chi connectivity index (χ0v) is 9.38. The fraction of sp³-hybridized carbons (Fsp3) is 0. The quantitative estimate of drug-likeness (QED) is 0.830. The summed E-state index contributed by atoms with van der Waals surface area (Å²) in [5.74, 6) is -2.05. The van der Waals surface area contributed by atoms with Crippen LogP contribution in [0.1, 0.15) is 0 Å². The van der Waals surface area contributed by atoms with E-state index in [2.05, 4.69) is 5.32 Å². The Morgan fingerprint density at radius 3 is 2.19 bits per heavy atom. The van der Waals surface area contributed by atoms with Gasteiger partial charge in [-0.25, -0.2) is 0 Å². The summed E-state index contributed by atoms with van der Waals surface area (Å²) in [6, 6.07) is 4.48. The summed E-state index contributed by atoms with van der Waals surface area (Å²) in [6.07, 6.45) is 1.46. The van der Waals surface area contributed by atoms with Crippen molar-refractivity contribution in [3.05, 3.63) is 40.4 Å². The van der Waals surface area contributed by atoms with Crippen LogP contribution in [0.3, 0.4) is 0 Å². The molecule has 0 atom stereocenters. The zero-order chi connectivity index (χ0) is 12.1. The molecule has 84 valence electrons. The molecule has 0 aromatic heterocycles. The van der Waals surface area contributed by atoms with E-state index in [1.807, 2.05) is 0 Å². The summed E-state index contributed by atoms with van der Waals surface area (Å²) in [7, 11) is 0. The number of hydrogen-bond donors (Lipinski definition) is 1. The third kappa shape index (κ3) is 4.33. The van der Waals surface area contributed by atoms with Gasteiger partial charge in [-0.3, -0.25) is 4.79 Å². The molecule has 0 aliphatic rings. The predicted octanol–water partition coefficient (Wildman–Crippen LogP) is 1.24. The van der Waals surface area contributed by atoms with E-state index in [-0.39, 0.29) is 0 Å². The van der Waals surface area contributed by atoms with Gasteiger partial charge in [-0.1, -0.05) is 23.2 Å². The van der Waals surface area contributed by atoms with Gasteiger partial charge >= 0.3 is 0 Å². The highest BCUT2D eigenvalue weighted by Gasteiger charge is 2.00. The number of nitrogens with one attached hydrogen (secondary N) is 1. The van der Waals surface area contributed by atoms with Gasteiger partial charge in [0.25, 0.3) is 0 Å². The Balaban J connectivity index is 2.73. The molecule has 1 N–H and O–H groups in total. The molecular formula is C10H6Cl2NO3-. The molecule has 0 radical (unpaired) electrons. The lowest BCUT2D eigenvalue weighted by Crippen LogP contribution is -2.20. The smallest absolute Gasteiger partial charge is 0.248 e. The molecule has 4 nitrogen and oxygen atoms in total. The van der Waals surface area contributed by atoms with Crippen molar-refractivity contribution >= 4 is 40.8 Å². The number of rotatable bonds is 3. The van der Waals surface area contributed by atoms with Crippen LogP contribution in [-0.4, -0.2) is 11.9 Å². The minimum Gasteiger partial charge on any atom is -0.545 e. The molecule has 0 saturated heterocycles. The van der Waals surface area contributed by atoms with Crippen LogP contribution < -0.4 is 10.4 Å². The van der Waals surface area contributed by atoms with Crippen LogP contribution in [0.25, 0.3) is 0 Å². The number of hydrogen-bond acceptors (Lipinski definition) is 3. The lowest BCUT2D eigenvalue weighted by molar-refractivity contribution is -0.297. The van der Waals surface area contributed by atoms with Crippen molar-refractivity contribution in [1.82, 2.24) is 0 Å². The van der Waals surface area contributed by atoms with E-state index in [1.54, 1.807) is 0 Å². The Morgan fingerprint density at radius 2 is 1.69 bits per heavy atom. The maximum atomic E-state index is 11.2. The van der Waals surface area contributed by atoms with Crippen LogP contribution in [0.2, 0.25) is 10.0 Å². The molecule has 0 heterocycles. The fourth-order valence-electron chi connectivity index (χ4n) is 0.954. The van der Waals surface area contributed by atoms with E-state index < -0.39 is 11.9 Å². The van der Waals surface area contributed by atoms with Gasteiger partial charge in [0.1, 0.15) is 0 Å². The first-order valence-corrected chi connectivity index (χ1v) is 4.89.